The van der Waals surface area contributed by atoms with Gasteiger partial charge in [-0.3, -0.25) is 5.41 Å². The number of amidine groups is 1. The first kappa shape index (κ1) is 12.0. The smallest absolute Gasteiger partial charge is 0.124 e. The van der Waals surface area contributed by atoms with Crippen LogP contribution in [0.4, 0.5) is 5.69 Å². The van der Waals surface area contributed by atoms with Gasteiger partial charge in [-0.2, -0.15) is 0 Å². The summed E-state index contributed by atoms with van der Waals surface area (Å²) in [7, 11) is 0. The maximum absolute atomic E-state index is 7.68. The van der Waals surface area contributed by atoms with Crippen LogP contribution >= 0.6 is 0 Å². The van der Waals surface area contributed by atoms with Gasteiger partial charge in [0.25, 0.3) is 0 Å². The van der Waals surface area contributed by atoms with Crippen LogP contribution in [0.2, 0.25) is 0 Å². The predicted octanol–water partition coefficient (Wildman–Crippen LogP) is 2.66. The molecule has 1 aliphatic heterocycles. The fourth-order valence-corrected chi connectivity index (χ4v) is 2.68. The first-order chi connectivity index (χ1) is 8.13. The Bertz CT molecular complexity index is 425. The molecule has 92 valence electrons. The Morgan fingerprint density at radius 2 is 2.29 bits per heavy atom. The Hall–Kier alpha value is -1.51. The number of anilines is 1. The van der Waals surface area contributed by atoms with Crippen molar-refractivity contribution in [1.29, 1.82) is 5.41 Å². The van der Waals surface area contributed by atoms with Crippen molar-refractivity contribution in [3.05, 3.63) is 29.3 Å². The summed E-state index contributed by atoms with van der Waals surface area (Å²) in [6.45, 7) is 5.40. The standard InChI is InChI=1S/C14H21N3/c1-3-11-5-4-8-17(11)13-9-10(2)6-7-12(13)14(15)16/h6-7,9,11H,3-5,8H2,1-2H3,(H3,15,16). The lowest BCUT2D eigenvalue weighted by Crippen LogP contribution is -2.30. The number of hydrogen-bond acceptors (Lipinski definition) is 2. The quantitative estimate of drug-likeness (QED) is 0.620. The van der Waals surface area contributed by atoms with Gasteiger partial charge in [0.05, 0.1) is 0 Å². The summed E-state index contributed by atoms with van der Waals surface area (Å²) in [6.07, 6.45) is 3.65. The molecule has 17 heavy (non-hydrogen) atoms. The average molecular weight is 231 g/mol. The van der Waals surface area contributed by atoms with Crippen LogP contribution < -0.4 is 10.6 Å². The second-order valence-electron chi connectivity index (χ2n) is 4.83. The third-order valence-corrected chi connectivity index (χ3v) is 3.60. The van der Waals surface area contributed by atoms with Crippen LogP contribution in [0.1, 0.15) is 37.3 Å². The molecule has 3 N–H and O–H groups in total. The zero-order chi connectivity index (χ0) is 12.4. The fraction of sp³-hybridized carbons (Fsp3) is 0.500. The molecule has 0 amide bonds. The minimum Gasteiger partial charge on any atom is -0.384 e. The van der Waals surface area contributed by atoms with E-state index in [0.29, 0.717) is 6.04 Å². The zero-order valence-corrected chi connectivity index (χ0v) is 10.7. The Kier molecular flexibility index (Phi) is 3.36. The van der Waals surface area contributed by atoms with E-state index in [0.717, 1.165) is 24.2 Å². The van der Waals surface area contributed by atoms with Gasteiger partial charge >= 0.3 is 0 Å². The van der Waals surface area contributed by atoms with Crippen molar-refractivity contribution >= 4 is 11.5 Å². The molecular formula is C14H21N3. The van der Waals surface area contributed by atoms with E-state index >= 15 is 0 Å². The maximum Gasteiger partial charge on any atom is 0.124 e. The molecule has 0 bridgehead atoms. The molecule has 0 aliphatic carbocycles. The molecule has 1 saturated heterocycles. The Morgan fingerprint density at radius 3 is 2.94 bits per heavy atom. The van der Waals surface area contributed by atoms with Crippen LogP contribution in [-0.4, -0.2) is 18.4 Å². The molecule has 0 aromatic heterocycles. The minimum atomic E-state index is 0.168. The highest BCUT2D eigenvalue weighted by molar-refractivity contribution is 6.00. The first-order valence-electron chi connectivity index (χ1n) is 6.35. The maximum atomic E-state index is 7.68. The summed E-state index contributed by atoms with van der Waals surface area (Å²) in [4.78, 5) is 2.42. The van der Waals surface area contributed by atoms with Crippen molar-refractivity contribution in [1.82, 2.24) is 0 Å². The summed E-state index contributed by atoms with van der Waals surface area (Å²) in [5.74, 6) is 0.168. The van der Waals surface area contributed by atoms with Crippen LogP contribution in [0.5, 0.6) is 0 Å². The van der Waals surface area contributed by atoms with E-state index in [4.69, 9.17) is 11.1 Å². The van der Waals surface area contributed by atoms with E-state index in [1.165, 1.54) is 18.4 Å². The Balaban J connectivity index is 2.42. The Labute approximate surface area is 103 Å². The SMILES string of the molecule is CCC1CCCN1c1cc(C)ccc1C(=N)N. The van der Waals surface area contributed by atoms with Gasteiger partial charge < -0.3 is 10.6 Å². The number of benzene rings is 1. The second-order valence-corrected chi connectivity index (χ2v) is 4.83. The van der Waals surface area contributed by atoms with E-state index in [1.54, 1.807) is 0 Å². The molecule has 1 aromatic carbocycles. The number of nitrogens with zero attached hydrogens (tertiary/aromatic N) is 1. The molecular weight excluding hydrogens is 210 g/mol. The monoisotopic (exact) mass is 231 g/mol. The predicted molar refractivity (Wildman–Crippen MR) is 72.9 cm³/mol. The number of rotatable bonds is 3. The van der Waals surface area contributed by atoms with Crippen molar-refractivity contribution in [2.45, 2.75) is 39.2 Å². The Morgan fingerprint density at radius 1 is 1.53 bits per heavy atom. The molecule has 1 unspecified atom stereocenters. The van der Waals surface area contributed by atoms with Gasteiger partial charge in [0, 0.05) is 23.8 Å². The second kappa shape index (κ2) is 4.78. The molecule has 2 rings (SSSR count). The lowest BCUT2D eigenvalue weighted by molar-refractivity contribution is 0.645. The summed E-state index contributed by atoms with van der Waals surface area (Å²) >= 11 is 0. The van der Waals surface area contributed by atoms with Gasteiger partial charge in [0.1, 0.15) is 5.84 Å². The molecule has 1 heterocycles. The van der Waals surface area contributed by atoms with Crippen molar-refractivity contribution < 1.29 is 0 Å². The van der Waals surface area contributed by atoms with E-state index < -0.39 is 0 Å². The van der Waals surface area contributed by atoms with E-state index in [1.807, 2.05) is 12.1 Å². The third kappa shape index (κ3) is 2.28. The molecule has 0 saturated carbocycles. The van der Waals surface area contributed by atoms with Gasteiger partial charge in [-0.05, 0) is 43.9 Å². The number of nitrogens with one attached hydrogen (secondary N) is 1. The van der Waals surface area contributed by atoms with Gasteiger partial charge in [-0.15, -0.1) is 0 Å². The molecule has 1 aromatic rings. The van der Waals surface area contributed by atoms with Crippen molar-refractivity contribution in [2.75, 3.05) is 11.4 Å². The van der Waals surface area contributed by atoms with Gasteiger partial charge in [-0.1, -0.05) is 13.0 Å². The van der Waals surface area contributed by atoms with Gasteiger partial charge in [-0.25, -0.2) is 0 Å². The highest BCUT2D eigenvalue weighted by Gasteiger charge is 2.25. The molecule has 0 spiro atoms. The number of aryl methyl sites for hydroxylation is 1. The molecule has 0 radical (unpaired) electrons. The van der Waals surface area contributed by atoms with E-state index in [9.17, 15) is 0 Å². The number of hydrogen-bond donors (Lipinski definition) is 2. The van der Waals surface area contributed by atoms with Gasteiger partial charge in [0.15, 0.2) is 0 Å². The average Bonchev–Trinajstić information content (AvgIpc) is 2.76. The highest BCUT2D eigenvalue weighted by atomic mass is 15.2. The lowest BCUT2D eigenvalue weighted by atomic mass is 10.1. The van der Waals surface area contributed by atoms with Crippen LogP contribution in [0.3, 0.4) is 0 Å². The fourth-order valence-electron chi connectivity index (χ4n) is 2.68. The third-order valence-electron chi connectivity index (χ3n) is 3.60. The van der Waals surface area contributed by atoms with Crippen molar-refractivity contribution in [3.8, 4) is 0 Å². The molecule has 1 aliphatic rings. The summed E-state index contributed by atoms with van der Waals surface area (Å²) < 4.78 is 0. The number of nitrogens with two attached hydrogens (primary N) is 1. The normalized spacial score (nSPS) is 19.6. The highest BCUT2D eigenvalue weighted by Crippen LogP contribution is 2.30. The molecule has 3 nitrogen and oxygen atoms in total. The summed E-state index contributed by atoms with van der Waals surface area (Å²) in [6, 6.07) is 6.76. The largest absolute Gasteiger partial charge is 0.384 e. The van der Waals surface area contributed by atoms with Crippen LogP contribution in [-0.2, 0) is 0 Å². The minimum absolute atomic E-state index is 0.168. The van der Waals surface area contributed by atoms with E-state index in [-0.39, 0.29) is 5.84 Å². The molecule has 3 heteroatoms. The summed E-state index contributed by atoms with van der Waals surface area (Å²) in [5.41, 5.74) is 8.92. The molecule has 1 fully saturated rings. The van der Waals surface area contributed by atoms with Crippen LogP contribution in [0.25, 0.3) is 0 Å². The topological polar surface area (TPSA) is 53.1 Å². The van der Waals surface area contributed by atoms with Crippen molar-refractivity contribution in [3.63, 3.8) is 0 Å². The van der Waals surface area contributed by atoms with Crippen molar-refractivity contribution in [2.24, 2.45) is 5.73 Å². The van der Waals surface area contributed by atoms with Crippen LogP contribution in [0, 0.1) is 12.3 Å². The summed E-state index contributed by atoms with van der Waals surface area (Å²) in [5, 5.41) is 7.68. The number of nitrogen functional groups attached to an aromatic ring is 1. The lowest BCUT2D eigenvalue weighted by Gasteiger charge is -2.28. The van der Waals surface area contributed by atoms with Crippen LogP contribution in [0.15, 0.2) is 18.2 Å². The molecule has 1 atom stereocenters. The van der Waals surface area contributed by atoms with E-state index in [2.05, 4.69) is 24.8 Å². The van der Waals surface area contributed by atoms with Gasteiger partial charge in [0.2, 0.25) is 0 Å². The first-order valence-corrected chi connectivity index (χ1v) is 6.35. The zero-order valence-electron chi connectivity index (χ0n) is 10.7.